The first-order valence-corrected chi connectivity index (χ1v) is 6.50. The number of rotatable bonds is 5. The number of likely N-dealkylation sites (N-methyl/N-ethyl adjacent to an activating group) is 1. The molecule has 0 radical (unpaired) electrons. The van der Waals surface area contributed by atoms with Gasteiger partial charge in [-0.1, -0.05) is 6.92 Å². The van der Waals surface area contributed by atoms with Gasteiger partial charge < -0.3 is 10.1 Å². The van der Waals surface area contributed by atoms with Crippen LogP contribution >= 0.6 is 0 Å². The molecule has 3 heteroatoms. The van der Waals surface area contributed by atoms with Gasteiger partial charge in [0.25, 0.3) is 0 Å². The van der Waals surface area contributed by atoms with Crippen LogP contribution in [0.1, 0.15) is 37.7 Å². The zero-order chi connectivity index (χ0) is 12.1. The highest BCUT2D eigenvalue weighted by Gasteiger charge is 2.24. The molecule has 1 saturated heterocycles. The zero-order valence-corrected chi connectivity index (χ0v) is 10.7. The van der Waals surface area contributed by atoms with E-state index in [1.807, 2.05) is 19.4 Å². The molecule has 1 N–H and O–H groups in total. The smallest absolute Gasteiger partial charge is 0.0591 e. The van der Waals surface area contributed by atoms with E-state index in [1.54, 1.807) is 0 Å². The molecule has 3 unspecified atom stereocenters. The van der Waals surface area contributed by atoms with E-state index in [0.29, 0.717) is 18.1 Å². The van der Waals surface area contributed by atoms with Gasteiger partial charge in [-0.05, 0) is 49.9 Å². The molecule has 0 amide bonds. The van der Waals surface area contributed by atoms with Crippen LogP contribution in [-0.2, 0) is 4.74 Å². The normalized spacial score (nSPS) is 23.5. The van der Waals surface area contributed by atoms with E-state index < -0.39 is 0 Å². The van der Waals surface area contributed by atoms with Crippen molar-refractivity contribution in [1.29, 1.82) is 0 Å². The lowest BCUT2D eigenvalue weighted by Gasteiger charge is -2.26. The summed E-state index contributed by atoms with van der Waals surface area (Å²) in [5.41, 5.74) is 1.34. The van der Waals surface area contributed by atoms with Crippen molar-refractivity contribution in [2.45, 2.75) is 44.2 Å². The molecule has 0 aliphatic carbocycles. The van der Waals surface area contributed by atoms with E-state index in [1.165, 1.54) is 18.4 Å². The predicted molar refractivity (Wildman–Crippen MR) is 69.1 cm³/mol. The molecule has 2 heterocycles. The highest BCUT2D eigenvalue weighted by atomic mass is 16.5. The maximum absolute atomic E-state index is 5.72. The van der Waals surface area contributed by atoms with Crippen LogP contribution in [0.3, 0.4) is 0 Å². The SMILES string of the molecule is CNC(CC1CCCO1)C(C)c1ccncc1. The number of hydrogen-bond donors (Lipinski definition) is 1. The van der Waals surface area contributed by atoms with E-state index in [0.717, 1.165) is 13.0 Å². The molecular formula is C14H22N2O. The summed E-state index contributed by atoms with van der Waals surface area (Å²) in [5.74, 6) is 0.493. The first-order chi connectivity index (χ1) is 8.31. The summed E-state index contributed by atoms with van der Waals surface area (Å²) in [5, 5.41) is 3.43. The number of aromatic nitrogens is 1. The van der Waals surface area contributed by atoms with Gasteiger partial charge in [0.05, 0.1) is 6.10 Å². The third kappa shape index (κ3) is 3.27. The van der Waals surface area contributed by atoms with Gasteiger partial charge in [0.2, 0.25) is 0 Å². The van der Waals surface area contributed by atoms with E-state index in [4.69, 9.17) is 4.74 Å². The lowest BCUT2D eigenvalue weighted by molar-refractivity contribution is 0.0929. The van der Waals surface area contributed by atoms with Crippen molar-refractivity contribution in [1.82, 2.24) is 10.3 Å². The van der Waals surface area contributed by atoms with Gasteiger partial charge in [-0.2, -0.15) is 0 Å². The molecule has 3 nitrogen and oxygen atoms in total. The summed E-state index contributed by atoms with van der Waals surface area (Å²) in [6.07, 6.45) is 7.69. The van der Waals surface area contributed by atoms with Gasteiger partial charge in [-0.15, -0.1) is 0 Å². The molecule has 0 saturated carbocycles. The molecule has 94 valence electrons. The highest BCUT2D eigenvalue weighted by Crippen LogP contribution is 2.25. The summed E-state index contributed by atoms with van der Waals surface area (Å²) < 4.78 is 5.72. The Morgan fingerprint density at radius 2 is 2.24 bits per heavy atom. The maximum atomic E-state index is 5.72. The highest BCUT2D eigenvalue weighted by molar-refractivity contribution is 5.17. The Labute approximate surface area is 104 Å². The van der Waals surface area contributed by atoms with E-state index >= 15 is 0 Å². The summed E-state index contributed by atoms with van der Waals surface area (Å²) in [4.78, 5) is 4.07. The topological polar surface area (TPSA) is 34.1 Å². The average molecular weight is 234 g/mol. The fourth-order valence-corrected chi connectivity index (χ4v) is 2.58. The number of nitrogens with one attached hydrogen (secondary N) is 1. The average Bonchev–Trinajstić information content (AvgIpc) is 2.89. The third-order valence-corrected chi connectivity index (χ3v) is 3.75. The molecule has 1 aromatic heterocycles. The maximum Gasteiger partial charge on any atom is 0.0591 e. The summed E-state index contributed by atoms with van der Waals surface area (Å²) >= 11 is 0. The van der Waals surface area contributed by atoms with Crippen molar-refractivity contribution in [3.8, 4) is 0 Å². The quantitative estimate of drug-likeness (QED) is 0.849. The molecule has 0 bridgehead atoms. The Balaban J connectivity index is 1.97. The predicted octanol–water partition coefficient (Wildman–Crippen LogP) is 2.34. The molecule has 2 rings (SSSR count). The van der Waals surface area contributed by atoms with Crippen LogP contribution in [0.15, 0.2) is 24.5 Å². The molecule has 1 aromatic rings. The minimum Gasteiger partial charge on any atom is -0.378 e. The summed E-state index contributed by atoms with van der Waals surface area (Å²) in [7, 11) is 2.04. The van der Waals surface area contributed by atoms with Gasteiger partial charge in [0.15, 0.2) is 0 Å². The Bertz CT molecular complexity index is 322. The zero-order valence-electron chi connectivity index (χ0n) is 10.7. The lowest BCUT2D eigenvalue weighted by Crippen LogP contribution is -2.34. The second-order valence-corrected chi connectivity index (χ2v) is 4.84. The van der Waals surface area contributed by atoms with Crippen molar-refractivity contribution in [3.63, 3.8) is 0 Å². The van der Waals surface area contributed by atoms with Gasteiger partial charge in [-0.3, -0.25) is 4.98 Å². The van der Waals surface area contributed by atoms with Crippen LogP contribution in [0.25, 0.3) is 0 Å². The third-order valence-electron chi connectivity index (χ3n) is 3.75. The monoisotopic (exact) mass is 234 g/mol. The molecular weight excluding hydrogens is 212 g/mol. The standard InChI is InChI=1S/C14H22N2O/c1-11(12-5-7-16-8-6-12)14(15-2)10-13-4-3-9-17-13/h5-8,11,13-15H,3-4,9-10H2,1-2H3. The molecule has 3 atom stereocenters. The van der Waals surface area contributed by atoms with Crippen LogP contribution in [0.4, 0.5) is 0 Å². The largest absolute Gasteiger partial charge is 0.378 e. The summed E-state index contributed by atoms with van der Waals surface area (Å²) in [6.45, 7) is 3.20. The number of nitrogens with zero attached hydrogens (tertiary/aromatic N) is 1. The minimum atomic E-state index is 0.441. The van der Waals surface area contributed by atoms with E-state index in [-0.39, 0.29) is 0 Å². The van der Waals surface area contributed by atoms with Crippen LogP contribution in [0, 0.1) is 0 Å². The molecule has 1 fully saturated rings. The van der Waals surface area contributed by atoms with Crippen molar-refractivity contribution in [2.75, 3.05) is 13.7 Å². The van der Waals surface area contributed by atoms with Crippen molar-refractivity contribution >= 4 is 0 Å². The van der Waals surface area contributed by atoms with Crippen LogP contribution in [0.5, 0.6) is 0 Å². The number of hydrogen-bond acceptors (Lipinski definition) is 3. The fourth-order valence-electron chi connectivity index (χ4n) is 2.58. The van der Waals surface area contributed by atoms with E-state index in [2.05, 4.69) is 29.4 Å². The van der Waals surface area contributed by atoms with Crippen LogP contribution in [-0.4, -0.2) is 30.8 Å². The molecule has 1 aliphatic heterocycles. The first kappa shape index (κ1) is 12.5. The fraction of sp³-hybridized carbons (Fsp3) is 0.643. The lowest BCUT2D eigenvalue weighted by atomic mass is 9.90. The van der Waals surface area contributed by atoms with Gasteiger partial charge in [0.1, 0.15) is 0 Å². The van der Waals surface area contributed by atoms with Crippen molar-refractivity contribution in [2.24, 2.45) is 0 Å². The first-order valence-electron chi connectivity index (χ1n) is 6.50. The molecule has 17 heavy (non-hydrogen) atoms. The van der Waals surface area contributed by atoms with Crippen molar-refractivity contribution < 1.29 is 4.74 Å². The molecule has 0 aromatic carbocycles. The van der Waals surface area contributed by atoms with Gasteiger partial charge >= 0.3 is 0 Å². The van der Waals surface area contributed by atoms with Crippen LogP contribution in [0.2, 0.25) is 0 Å². The molecule has 0 spiro atoms. The second-order valence-electron chi connectivity index (χ2n) is 4.84. The Morgan fingerprint density at radius 1 is 1.47 bits per heavy atom. The van der Waals surface area contributed by atoms with Gasteiger partial charge in [0, 0.05) is 25.0 Å². The molecule has 1 aliphatic rings. The second kappa shape index (κ2) is 6.12. The van der Waals surface area contributed by atoms with Gasteiger partial charge in [-0.25, -0.2) is 0 Å². The van der Waals surface area contributed by atoms with E-state index in [9.17, 15) is 0 Å². The Hall–Kier alpha value is -0.930. The Kier molecular flexibility index (Phi) is 4.51. The van der Waals surface area contributed by atoms with Crippen molar-refractivity contribution in [3.05, 3.63) is 30.1 Å². The Morgan fingerprint density at radius 3 is 2.82 bits per heavy atom. The summed E-state index contributed by atoms with van der Waals surface area (Å²) in [6, 6.07) is 4.68. The number of pyridine rings is 1. The number of ether oxygens (including phenoxy) is 1. The van der Waals surface area contributed by atoms with Crippen LogP contribution < -0.4 is 5.32 Å². The minimum absolute atomic E-state index is 0.441.